The minimum Gasteiger partial charge on any atom is -0.467 e. The second kappa shape index (κ2) is 7.97. The maximum atomic E-state index is 5.13. The summed E-state index contributed by atoms with van der Waals surface area (Å²) >= 11 is 0. The molecular formula is C14H26N6O. The zero-order chi connectivity index (χ0) is 15.1. The molecule has 7 nitrogen and oxygen atoms in total. The minimum absolute atomic E-state index is 0.342. The van der Waals surface area contributed by atoms with E-state index in [2.05, 4.69) is 44.5 Å². The van der Waals surface area contributed by atoms with Crippen LogP contribution in [-0.4, -0.2) is 60.2 Å². The van der Waals surface area contributed by atoms with Crippen LogP contribution < -0.4 is 15.4 Å². The average Bonchev–Trinajstić information content (AvgIpc) is 2.52. The lowest BCUT2D eigenvalue weighted by atomic mass is 9.97. The number of hydrogen-bond acceptors (Lipinski definition) is 7. The Kier molecular flexibility index (Phi) is 5.98. The van der Waals surface area contributed by atoms with Gasteiger partial charge in [0.2, 0.25) is 11.9 Å². The lowest BCUT2D eigenvalue weighted by molar-refractivity contribution is 0.226. The molecule has 1 fully saturated rings. The quantitative estimate of drug-likeness (QED) is 0.788. The van der Waals surface area contributed by atoms with Crippen molar-refractivity contribution in [3.8, 4) is 6.01 Å². The molecule has 0 saturated carbocycles. The fourth-order valence-electron chi connectivity index (χ4n) is 2.34. The van der Waals surface area contributed by atoms with E-state index in [1.165, 1.54) is 12.8 Å². The monoisotopic (exact) mass is 294 g/mol. The van der Waals surface area contributed by atoms with Crippen molar-refractivity contribution < 1.29 is 4.74 Å². The van der Waals surface area contributed by atoms with E-state index >= 15 is 0 Å². The lowest BCUT2D eigenvalue weighted by Gasteiger charge is -2.28. The molecule has 0 bridgehead atoms. The molecule has 1 aromatic heterocycles. The first-order chi connectivity index (χ1) is 10.2. The van der Waals surface area contributed by atoms with Gasteiger partial charge in [0.25, 0.3) is 0 Å². The summed E-state index contributed by atoms with van der Waals surface area (Å²) in [5.74, 6) is 1.82. The van der Waals surface area contributed by atoms with Crippen LogP contribution >= 0.6 is 0 Å². The first kappa shape index (κ1) is 15.8. The van der Waals surface area contributed by atoms with Gasteiger partial charge in [-0.3, -0.25) is 0 Å². The Labute approximate surface area is 126 Å². The SMILES string of the molecule is CCCNc1nc(NCC2CCN(C)CC2)nc(OC)n1. The Morgan fingerprint density at radius 3 is 2.43 bits per heavy atom. The van der Waals surface area contributed by atoms with Crippen LogP contribution in [0.25, 0.3) is 0 Å². The molecule has 1 aromatic rings. The van der Waals surface area contributed by atoms with Crippen molar-refractivity contribution in [2.75, 3.05) is 51.0 Å². The summed E-state index contributed by atoms with van der Waals surface area (Å²) in [7, 11) is 3.74. The Bertz CT molecular complexity index is 433. The highest BCUT2D eigenvalue weighted by Crippen LogP contribution is 2.17. The molecule has 0 spiro atoms. The summed E-state index contributed by atoms with van der Waals surface area (Å²) in [6.45, 7) is 6.16. The highest BCUT2D eigenvalue weighted by Gasteiger charge is 2.17. The summed E-state index contributed by atoms with van der Waals surface area (Å²) in [5.41, 5.74) is 0. The van der Waals surface area contributed by atoms with Gasteiger partial charge in [-0.05, 0) is 45.3 Å². The Balaban J connectivity index is 1.91. The van der Waals surface area contributed by atoms with Crippen LogP contribution in [0.5, 0.6) is 6.01 Å². The number of hydrogen-bond donors (Lipinski definition) is 2. The maximum absolute atomic E-state index is 5.13. The highest BCUT2D eigenvalue weighted by molar-refractivity contribution is 5.35. The molecule has 21 heavy (non-hydrogen) atoms. The first-order valence-electron chi connectivity index (χ1n) is 7.67. The van der Waals surface area contributed by atoms with Gasteiger partial charge in [-0.25, -0.2) is 0 Å². The molecule has 0 amide bonds. The molecule has 0 radical (unpaired) electrons. The largest absolute Gasteiger partial charge is 0.467 e. The van der Waals surface area contributed by atoms with E-state index in [4.69, 9.17) is 4.74 Å². The van der Waals surface area contributed by atoms with Crippen molar-refractivity contribution in [1.82, 2.24) is 19.9 Å². The third-order valence-corrected chi connectivity index (χ3v) is 3.72. The zero-order valence-electron chi connectivity index (χ0n) is 13.2. The number of piperidine rings is 1. The Morgan fingerprint density at radius 2 is 1.81 bits per heavy atom. The van der Waals surface area contributed by atoms with E-state index in [-0.39, 0.29) is 0 Å². The Hall–Kier alpha value is -1.63. The van der Waals surface area contributed by atoms with Crippen molar-refractivity contribution in [3.05, 3.63) is 0 Å². The molecule has 0 unspecified atom stereocenters. The van der Waals surface area contributed by atoms with Crippen LogP contribution in [0.15, 0.2) is 0 Å². The third kappa shape index (κ3) is 5.00. The van der Waals surface area contributed by atoms with Gasteiger partial charge in [0, 0.05) is 13.1 Å². The molecule has 7 heteroatoms. The first-order valence-corrected chi connectivity index (χ1v) is 7.67. The molecule has 1 saturated heterocycles. The number of ether oxygens (including phenoxy) is 1. The second-order valence-electron chi connectivity index (χ2n) is 5.52. The van der Waals surface area contributed by atoms with Crippen molar-refractivity contribution >= 4 is 11.9 Å². The fourth-order valence-corrected chi connectivity index (χ4v) is 2.34. The summed E-state index contributed by atoms with van der Waals surface area (Å²) in [6.07, 6.45) is 3.45. The molecular weight excluding hydrogens is 268 g/mol. The Morgan fingerprint density at radius 1 is 1.14 bits per heavy atom. The van der Waals surface area contributed by atoms with Crippen LogP contribution in [0.4, 0.5) is 11.9 Å². The van der Waals surface area contributed by atoms with Crippen molar-refractivity contribution in [3.63, 3.8) is 0 Å². The van der Waals surface area contributed by atoms with Gasteiger partial charge in [-0.15, -0.1) is 0 Å². The number of nitrogens with one attached hydrogen (secondary N) is 2. The number of likely N-dealkylation sites (tertiary alicyclic amines) is 1. The smallest absolute Gasteiger partial charge is 0.322 e. The predicted octanol–water partition coefficient (Wildman–Crippen LogP) is 1.46. The van der Waals surface area contributed by atoms with Crippen molar-refractivity contribution in [1.29, 1.82) is 0 Å². The van der Waals surface area contributed by atoms with E-state index in [1.807, 2.05) is 0 Å². The number of methoxy groups -OCH3 is 1. The van der Waals surface area contributed by atoms with E-state index in [1.54, 1.807) is 7.11 Å². The number of nitrogens with zero attached hydrogens (tertiary/aromatic N) is 4. The van der Waals surface area contributed by atoms with Crippen molar-refractivity contribution in [2.45, 2.75) is 26.2 Å². The highest BCUT2D eigenvalue weighted by atomic mass is 16.5. The lowest BCUT2D eigenvalue weighted by Crippen LogP contribution is -2.33. The molecule has 2 rings (SSSR count). The normalized spacial score (nSPS) is 16.7. The standard InChI is InChI=1S/C14H26N6O/c1-4-7-15-12-17-13(19-14(18-12)21-3)16-10-11-5-8-20(2)9-6-11/h11H,4-10H2,1-3H3,(H2,15,16,17,18,19). The van der Waals surface area contributed by atoms with Crippen LogP contribution in [0, 0.1) is 5.92 Å². The van der Waals surface area contributed by atoms with E-state index < -0.39 is 0 Å². The van der Waals surface area contributed by atoms with Crippen molar-refractivity contribution in [2.24, 2.45) is 5.92 Å². The second-order valence-corrected chi connectivity index (χ2v) is 5.52. The van der Waals surface area contributed by atoms with Crippen LogP contribution in [0.3, 0.4) is 0 Å². The van der Waals surface area contributed by atoms with E-state index in [0.29, 0.717) is 23.8 Å². The average molecular weight is 294 g/mol. The molecule has 0 aromatic carbocycles. The summed E-state index contributed by atoms with van der Waals surface area (Å²) in [4.78, 5) is 15.2. The molecule has 2 N–H and O–H groups in total. The molecule has 1 aliphatic heterocycles. The third-order valence-electron chi connectivity index (χ3n) is 3.72. The van der Waals surface area contributed by atoms with Gasteiger partial charge in [-0.2, -0.15) is 15.0 Å². The molecule has 118 valence electrons. The number of rotatable bonds is 7. The fraction of sp³-hybridized carbons (Fsp3) is 0.786. The minimum atomic E-state index is 0.342. The molecule has 0 atom stereocenters. The summed E-state index contributed by atoms with van der Waals surface area (Å²) in [5, 5.41) is 6.48. The van der Waals surface area contributed by atoms with Gasteiger partial charge in [0.15, 0.2) is 0 Å². The van der Waals surface area contributed by atoms with Gasteiger partial charge in [-0.1, -0.05) is 6.92 Å². The summed E-state index contributed by atoms with van der Waals surface area (Å²) < 4.78 is 5.13. The van der Waals surface area contributed by atoms with E-state index in [0.717, 1.165) is 32.6 Å². The predicted molar refractivity (Wildman–Crippen MR) is 83.9 cm³/mol. The van der Waals surface area contributed by atoms with E-state index in [9.17, 15) is 0 Å². The number of anilines is 2. The van der Waals surface area contributed by atoms with Crippen LogP contribution in [0.1, 0.15) is 26.2 Å². The molecule has 2 heterocycles. The van der Waals surface area contributed by atoms with Crippen LogP contribution in [0.2, 0.25) is 0 Å². The van der Waals surface area contributed by atoms with Gasteiger partial charge < -0.3 is 20.3 Å². The number of aromatic nitrogens is 3. The topological polar surface area (TPSA) is 75.2 Å². The van der Waals surface area contributed by atoms with Gasteiger partial charge in [0.1, 0.15) is 0 Å². The molecule has 0 aliphatic carbocycles. The maximum Gasteiger partial charge on any atom is 0.322 e. The van der Waals surface area contributed by atoms with Gasteiger partial charge in [0.05, 0.1) is 7.11 Å². The summed E-state index contributed by atoms with van der Waals surface area (Å²) in [6, 6.07) is 0.342. The van der Waals surface area contributed by atoms with Gasteiger partial charge >= 0.3 is 6.01 Å². The molecule has 1 aliphatic rings. The zero-order valence-corrected chi connectivity index (χ0v) is 13.2. The van der Waals surface area contributed by atoms with Crippen LogP contribution in [-0.2, 0) is 0 Å².